The van der Waals surface area contributed by atoms with Crippen molar-refractivity contribution in [2.45, 2.75) is 33.1 Å². The Morgan fingerprint density at radius 1 is 1.60 bits per heavy atom. The molecule has 2 aliphatic carbocycles. The molecule has 0 unspecified atom stereocenters. The molecule has 0 saturated heterocycles. The summed E-state index contributed by atoms with van der Waals surface area (Å²) in [6.45, 7) is 4.32. The van der Waals surface area contributed by atoms with Crippen molar-refractivity contribution in [3.8, 4) is 0 Å². The minimum absolute atomic E-state index is 0.0131. The number of carbonyl (C=O) groups excluding carboxylic acids is 1. The summed E-state index contributed by atoms with van der Waals surface area (Å²) in [4.78, 5) is 12.1. The van der Waals surface area contributed by atoms with Crippen LogP contribution in [-0.4, -0.2) is 13.1 Å². The van der Waals surface area contributed by atoms with Crippen LogP contribution in [0.15, 0.2) is 11.1 Å². The van der Waals surface area contributed by atoms with E-state index in [-0.39, 0.29) is 11.4 Å². The second-order valence-electron chi connectivity index (χ2n) is 5.19. The highest BCUT2D eigenvalue weighted by Crippen LogP contribution is 2.68. The molecule has 0 aliphatic heterocycles. The number of rotatable bonds is 1. The predicted molar refractivity (Wildman–Crippen MR) is 59.5 cm³/mol. The highest BCUT2D eigenvalue weighted by atomic mass is 35.5. The normalized spacial score (nSPS) is 39.7. The molecule has 2 bridgehead atoms. The molecule has 2 aliphatic rings. The van der Waals surface area contributed by atoms with Crippen molar-refractivity contribution in [1.82, 2.24) is 0 Å². The lowest BCUT2D eigenvalue weighted by atomic mass is 9.68. The predicted octanol–water partition coefficient (Wildman–Crippen LogP) is 3.11. The molecule has 2 nitrogen and oxygen atoms in total. The van der Waals surface area contributed by atoms with Gasteiger partial charge in [0, 0.05) is 5.54 Å². The lowest BCUT2D eigenvalue weighted by molar-refractivity contribution is -0.154. The molecular formula is C12H17ClO2. The van der Waals surface area contributed by atoms with Crippen LogP contribution < -0.4 is 0 Å². The number of ether oxygens (including phenoxy) is 1. The van der Waals surface area contributed by atoms with Gasteiger partial charge >= 0.3 is 5.97 Å². The van der Waals surface area contributed by atoms with Crippen LogP contribution >= 0.6 is 11.6 Å². The van der Waals surface area contributed by atoms with Gasteiger partial charge in [0.15, 0.2) is 0 Å². The average Bonchev–Trinajstić information content (AvgIpc) is 2.62. The van der Waals surface area contributed by atoms with Crippen LogP contribution in [0.25, 0.3) is 0 Å². The largest absolute Gasteiger partial charge is 0.468 e. The number of carbonyl (C=O) groups is 1. The molecule has 0 amide bonds. The third-order valence-corrected chi connectivity index (χ3v) is 4.93. The van der Waals surface area contributed by atoms with Crippen molar-refractivity contribution in [3.05, 3.63) is 11.1 Å². The number of hydrogen-bond acceptors (Lipinski definition) is 2. The monoisotopic (exact) mass is 228 g/mol. The first kappa shape index (κ1) is 11.0. The Hall–Kier alpha value is -0.500. The van der Waals surface area contributed by atoms with Gasteiger partial charge < -0.3 is 4.74 Å². The first-order valence-corrected chi connectivity index (χ1v) is 5.82. The van der Waals surface area contributed by atoms with Crippen molar-refractivity contribution in [2.24, 2.45) is 16.7 Å². The summed E-state index contributed by atoms with van der Waals surface area (Å²) in [5.41, 5.74) is 2.20. The van der Waals surface area contributed by atoms with E-state index in [9.17, 15) is 4.79 Å². The maximum Gasteiger partial charge on any atom is 0.316 e. The van der Waals surface area contributed by atoms with E-state index >= 15 is 0 Å². The molecule has 3 heteroatoms. The van der Waals surface area contributed by atoms with Crippen molar-refractivity contribution in [3.63, 3.8) is 0 Å². The van der Waals surface area contributed by atoms with Gasteiger partial charge in [-0.25, -0.2) is 0 Å². The van der Waals surface area contributed by atoms with E-state index < -0.39 is 5.41 Å². The number of esters is 1. The number of fused-ring (bicyclic) bond motifs is 2. The van der Waals surface area contributed by atoms with E-state index in [0.29, 0.717) is 5.92 Å². The minimum atomic E-state index is -0.450. The molecule has 0 radical (unpaired) electrons. The Morgan fingerprint density at radius 2 is 2.27 bits per heavy atom. The van der Waals surface area contributed by atoms with Gasteiger partial charge in [0.1, 0.15) is 0 Å². The number of hydrogen-bond donors (Lipinski definition) is 0. The Balaban J connectivity index is 2.53. The SMILES string of the molecule is COC(=O)[C@]12CC[C@H](C/C1=C\Cl)C2(C)C. The van der Waals surface area contributed by atoms with Crippen molar-refractivity contribution >= 4 is 17.6 Å². The number of methoxy groups -OCH3 is 1. The molecule has 15 heavy (non-hydrogen) atoms. The molecule has 0 aromatic carbocycles. The summed E-state index contributed by atoms with van der Waals surface area (Å²) in [5.74, 6) is 0.459. The van der Waals surface area contributed by atoms with Crippen LogP contribution in [0.4, 0.5) is 0 Å². The van der Waals surface area contributed by atoms with Crippen LogP contribution in [-0.2, 0) is 9.53 Å². The Kier molecular flexibility index (Phi) is 2.38. The summed E-state index contributed by atoms with van der Waals surface area (Å²) in [7, 11) is 1.46. The quantitative estimate of drug-likeness (QED) is 0.645. The second kappa shape index (κ2) is 3.24. The molecular weight excluding hydrogens is 212 g/mol. The van der Waals surface area contributed by atoms with E-state index in [0.717, 1.165) is 24.8 Å². The van der Waals surface area contributed by atoms with Gasteiger partial charge in [-0.05, 0) is 36.2 Å². The Morgan fingerprint density at radius 3 is 2.73 bits per heavy atom. The van der Waals surface area contributed by atoms with Gasteiger partial charge in [-0.1, -0.05) is 25.4 Å². The molecule has 0 spiro atoms. The molecule has 84 valence electrons. The third kappa shape index (κ3) is 1.09. The van der Waals surface area contributed by atoms with Gasteiger partial charge in [0.25, 0.3) is 0 Å². The average molecular weight is 229 g/mol. The van der Waals surface area contributed by atoms with Crippen LogP contribution in [0.2, 0.25) is 0 Å². The highest BCUT2D eigenvalue weighted by Gasteiger charge is 2.66. The van der Waals surface area contributed by atoms with Gasteiger partial charge in [-0.15, -0.1) is 0 Å². The summed E-state index contributed by atoms with van der Waals surface area (Å²) in [6, 6.07) is 0. The zero-order valence-corrected chi connectivity index (χ0v) is 10.2. The Bertz CT molecular complexity index is 333. The molecule has 0 aromatic heterocycles. The highest BCUT2D eigenvalue weighted by molar-refractivity contribution is 6.26. The minimum Gasteiger partial charge on any atom is -0.468 e. The lowest BCUT2D eigenvalue weighted by Crippen LogP contribution is -2.40. The molecule has 0 N–H and O–H groups in total. The first-order chi connectivity index (χ1) is 7.00. The van der Waals surface area contributed by atoms with Crippen molar-refractivity contribution in [2.75, 3.05) is 7.11 Å². The summed E-state index contributed by atoms with van der Waals surface area (Å²) in [5, 5.41) is 0. The summed E-state index contributed by atoms with van der Waals surface area (Å²) >= 11 is 5.85. The zero-order valence-electron chi connectivity index (χ0n) is 9.47. The first-order valence-electron chi connectivity index (χ1n) is 5.39. The topological polar surface area (TPSA) is 26.3 Å². The van der Waals surface area contributed by atoms with E-state index in [1.807, 2.05) is 0 Å². The van der Waals surface area contributed by atoms with Gasteiger partial charge in [0.2, 0.25) is 0 Å². The van der Waals surface area contributed by atoms with Crippen LogP contribution in [0.3, 0.4) is 0 Å². The number of halogens is 1. The molecule has 0 aromatic rings. The lowest BCUT2D eigenvalue weighted by Gasteiger charge is -2.35. The van der Waals surface area contributed by atoms with Gasteiger partial charge in [-0.2, -0.15) is 0 Å². The smallest absolute Gasteiger partial charge is 0.316 e. The van der Waals surface area contributed by atoms with Gasteiger partial charge in [-0.3, -0.25) is 4.79 Å². The fraction of sp³-hybridized carbons (Fsp3) is 0.750. The third-order valence-electron chi connectivity index (χ3n) is 4.67. The maximum absolute atomic E-state index is 12.1. The van der Waals surface area contributed by atoms with E-state index in [1.165, 1.54) is 7.11 Å². The zero-order chi connectivity index (χ0) is 11.3. The molecule has 2 rings (SSSR count). The molecule has 2 fully saturated rings. The molecule has 2 atom stereocenters. The fourth-order valence-electron chi connectivity index (χ4n) is 3.60. The fourth-order valence-corrected chi connectivity index (χ4v) is 3.88. The molecule has 0 heterocycles. The summed E-state index contributed by atoms with van der Waals surface area (Å²) in [6.07, 6.45) is 2.94. The molecule has 2 saturated carbocycles. The van der Waals surface area contributed by atoms with Crippen LogP contribution in [0.5, 0.6) is 0 Å². The van der Waals surface area contributed by atoms with Crippen LogP contribution in [0.1, 0.15) is 33.1 Å². The van der Waals surface area contributed by atoms with Crippen molar-refractivity contribution in [1.29, 1.82) is 0 Å². The van der Waals surface area contributed by atoms with Crippen molar-refractivity contribution < 1.29 is 9.53 Å². The standard InChI is InChI=1S/C12H17ClO2/c1-11(2)8-4-5-12(11,10(14)15-3)9(6-8)7-13/h7-8H,4-6H2,1-3H3/b9-7+/t8-,12+/m1/s1. The Labute approximate surface area is 95.6 Å². The summed E-state index contributed by atoms with van der Waals surface area (Å²) < 4.78 is 4.98. The maximum atomic E-state index is 12.1. The van der Waals surface area contributed by atoms with E-state index in [4.69, 9.17) is 16.3 Å². The van der Waals surface area contributed by atoms with E-state index in [2.05, 4.69) is 13.8 Å². The second-order valence-corrected chi connectivity index (χ2v) is 5.41. The van der Waals surface area contributed by atoms with E-state index in [1.54, 1.807) is 5.54 Å². The van der Waals surface area contributed by atoms with Crippen LogP contribution in [0, 0.1) is 16.7 Å². The van der Waals surface area contributed by atoms with Gasteiger partial charge in [0.05, 0.1) is 12.5 Å².